The molecule has 0 bridgehead atoms. The normalized spacial score (nSPS) is 22.9. The molecular weight excluding hydrogens is 242 g/mol. The molecule has 19 heavy (non-hydrogen) atoms. The van der Waals surface area contributed by atoms with Crippen molar-refractivity contribution in [2.24, 2.45) is 11.8 Å². The van der Waals surface area contributed by atoms with Gasteiger partial charge in [-0.05, 0) is 50.4 Å². The Morgan fingerprint density at radius 3 is 2.79 bits per heavy atom. The van der Waals surface area contributed by atoms with Crippen molar-refractivity contribution in [1.29, 1.82) is 0 Å². The van der Waals surface area contributed by atoms with Gasteiger partial charge in [-0.15, -0.1) is 0 Å². The maximum Gasteiger partial charge on any atom is 0.306 e. The fourth-order valence-corrected chi connectivity index (χ4v) is 2.68. The Morgan fingerprint density at radius 2 is 2.32 bits per heavy atom. The third-order valence-electron chi connectivity index (χ3n) is 3.75. The van der Waals surface area contributed by atoms with Crippen LogP contribution in [-0.4, -0.2) is 24.7 Å². The van der Waals surface area contributed by atoms with Gasteiger partial charge in [0, 0.05) is 6.04 Å². The minimum absolute atomic E-state index is 0.107. The monoisotopic (exact) mass is 263 g/mol. The predicted molar refractivity (Wildman–Crippen MR) is 73.4 cm³/mol. The van der Waals surface area contributed by atoms with Crippen molar-refractivity contribution < 1.29 is 14.6 Å². The minimum Gasteiger partial charge on any atom is -0.494 e. The highest BCUT2D eigenvalue weighted by atomic mass is 16.5. The van der Waals surface area contributed by atoms with E-state index in [0.29, 0.717) is 6.61 Å². The lowest BCUT2D eigenvalue weighted by Gasteiger charge is -2.18. The highest BCUT2D eigenvalue weighted by molar-refractivity contribution is 5.73. The summed E-state index contributed by atoms with van der Waals surface area (Å²) in [6.45, 7) is 4.63. The number of aliphatic carboxylic acids is 1. The van der Waals surface area contributed by atoms with E-state index in [0.717, 1.165) is 23.3 Å². The van der Waals surface area contributed by atoms with Crippen molar-refractivity contribution in [3.63, 3.8) is 0 Å². The molecule has 1 aromatic rings. The summed E-state index contributed by atoms with van der Waals surface area (Å²) in [6.07, 6.45) is 0.757. The van der Waals surface area contributed by atoms with E-state index in [2.05, 4.69) is 11.4 Å². The molecule has 0 radical (unpaired) electrons. The standard InChI is InChI=1S/C15H21NO3/c1-4-19-13-6-5-10(7-9(13)2)14(16-3)11-8-12(11)15(17)18/h5-7,11-12,14,16H,4,8H2,1-3H3,(H,17,18). The lowest BCUT2D eigenvalue weighted by molar-refractivity contribution is -0.138. The summed E-state index contributed by atoms with van der Waals surface area (Å²) in [5, 5.41) is 12.3. The lowest BCUT2D eigenvalue weighted by atomic mass is 9.99. The van der Waals surface area contributed by atoms with Crippen LogP contribution in [0.3, 0.4) is 0 Å². The highest BCUT2D eigenvalue weighted by Gasteiger charge is 2.47. The largest absolute Gasteiger partial charge is 0.494 e. The summed E-state index contributed by atoms with van der Waals surface area (Å²) < 4.78 is 5.53. The summed E-state index contributed by atoms with van der Waals surface area (Å²) >= 11 is 0. The van der Waals surface area contributed by atoms with Gasteiger partial charge in [-0.25, -0.2) is 0 Å². The van der Waals surface area contributed by atoms with Crippen molar-refractivity contribution in [2.75, 3.05) is 13.7 Å². The number of benzene rings is 1. The summed E-state index contributed by atoms with van der Waals surface area (Å²) in [5.74, 6) is 0.198. The quantitative estimate of drug-likeness (QED) is 0.827. The first kappa shape index (κ1) is 13.9. The van der Waals surface area contributed by atoms with Crippen molar-refractivity contribution in [2.45, 2.75) is 26.3 Å². The number of hydrogen-bond acceptors (Lipinski definition) is 3. The molecule has 4 nitrogen and oxygen atoms in total. The second-order valence-corrected chi connectivity index (χ2v) is 5.07. The number of carboxylic acids is 1. The zero-order valence-corrected chi connectivity index (χ0v) is 11.6. The van der Waals surface area contributed by atoms with Gasteiger partial charge in [0.2, 0.25) is 0 Å². The molecule has 0 aliphatic heterocycles. The molecule has 104 valence electrons. The van der Waals surface area contributed by atoms with Crippen LogP contribution in [0.4, 0.5) is 0 Å². The van der Waals surface area contributed by atoms with Crippen LogP contribution in [-0.2, 0) is 4.79 Å². The summed E-state index contributed by atoms with van der Waals surface area (Å²) in [6, 6.07) is 6.19. The molecule has 1 fully saturated rings. The molecule has 1 aliphatic rings. The van der Waals surface area contributed by atoms with E-state index in [-0.39, 0.29) is 17.9 Å². The zero-order valence-electron chi connectivity index (χ0n) is 11.6. The number of rotatable bonds is 6. The van der Waals surface area contributed by atoms with Crippen LogP contribution >= 0.6 is 0 Å². The Bertz CT molecular complexity index is 472. The van der Waals surface area contributed by atoms with Gasteiger partial charge in [0.05, 0.1) is 12.5 Å². The molecule has 4 heteroatoms. The van der Waals surface area contributed by atoms with Crippen molar-refractivity contribution >= 4 is 5.97 Å². The number of carboxylic acid groups (broad SMARTS) is 1. The second kappa shape index (κ2) is 5.61. The van der Waals surface area contributed by atoms with Gasteiger partial charge in [-0.2, -0.15) is 0 Å². The molecule has 1 aromatic carbocycles. The summed E-state index contributed by atoms with van der Waals surface area (Å²) in [5.41, 5.74) is 2.23. The van der Waals surface area contributed by atoms with Crippen molar-refractivity contribution in [3.05, 3.63) is 29.3 Å². The fraction of sp³-hybridized carbons (Fsp3) is 0.533. The first-order valence-electron chi connectivity index (χ1n) is 6.71. The lowest BCUT2D eigenvalue weighted by Crippen LogP contribution is -2.20. The number of hydrogen-bond donors (Lipinski definition) is 2. The Labute approximate surface area is 113 Å². The van der Waals surface area contributed by atoms with E-state index in [1.165, 1.54) is 0 Å². The van der Waals surface area contributed by atoms with E-state index in [4.69, 9.17) is 9.84 Å². The topological polar surface area (TPSA) is 58.6 Å². The zero-order chi connectivity index (χ0) is 14.0. The third-order valence-corrected chi connectivity index (χ3v) is 3.75. The molecule has 1 aliphatic carbocycles. The first-order chi connectivity index (χ1) is 9.08. The predicted octanol–water partition coefficient (Wildman–Crippen LogP) is 2.37. The van der Waals surface area contributed by atoms with E-state index >= 15 is 0 Å². The van der Waals surface area contributed by atoms with Crippen LogP contribution in [0.15, 0.2) is 18.2 Å². The van der Waals surface area contributed by atoms with Gasteiger partial charge in [-0.1, -0.05) is 12.1 Å². The van der Waals surface area contributed by atoms with E-state index < -0.39 is 5.97 Å². The number of ether oxygens (including phenoxy) is 1. The van der Waals surface area contributed by atoms with Crippen LogP contribution < -0.4 is 10.1 Å². The molecule has 0 spiro atoms. The molecule has 0 aromatic heterocycles. The van der Waals surface area contributed by atoms with Crippen LogP contribution in [0.1, 0.15) is 30.5 Å². The molecule has 1 saturated carbocycles. The third kappa shape index (κ3) is 2.89. The molecule has 2 N–H and O–H groups in total. The molecular formula is C15H21NO3. The molecule has 0 amide bonds. The van der Waals surface area contributed by atoms with E-state index in [1.807, 2.05) is 33.0 Å². The molecule has 3 unspecified atom stereocenters. The van der Waals surface area contributed by atoms with Crippen LogP contribution in [0, 0.1) is 18.8 Å². The van der Waals surface area contributed by atoms with Crippen LogP contribution in [0.2, 0.25) is 0 Å². The van der Waals surface area contributed by atoms with Gasteiger partial charge in [0.15, 0.2) is 0 Å². The molecule has 0 saturated heterocycles. The van der Waals surface area contributed by atoms with Crippen LogP contribution in [0.25, 0.3) is 0 Å². The summed E-state index contributed by atoms with van der Waals surface area (Å²) in [7, 11) is 1.88. The van der Waals surface area contributed by atoms with Crippen molar-refractivity contribution in [1.82, 2.24) is 5.32 Å². The maximum atomic E-state index is 11.0. The van der Waals surface area contributed by atoms with E-state index in [1.54, 1.807) is 0 Å². The SMILES string of the molecule is CCOc1ccc(C(NC)C2CC2C(=O)O)cc1C. The number of nitrogens with one attached hydrogen (secondary N) is 1. The van der Waals surface area contributed by atoms with Crippen LogP contribution in [0.5, 0.6) is 5.75 Å². The Hall–Kier alpha value is -1.55. The van der Waals surface area contributed by atoms with Gasteiger partial charge < -0.3 is 15.2 Å². The average Bonchev–Trinajstić information content (AvgIpc) is 3.14. The Morgan fingerprint density at radius 1 is 1.58 bits per heavy atom. The van der Waals surface area contributed by atoms with Crippen molar-refractivity contribution in [3.8, 4) is 5.75 Å². The smallest absolute Gasteiger partial charge is 0.306 e. The van der Waals surface area contributed by atoms with Gasteiger partial charge in [-0.3, -0.25) is 4.79 Å². The Balaban J connectivity index is 2.16. The van der Waals surface area contributed by atoms with E-state index in [9.17, 15) is 4.79 Å². The minimum atomic E-state index is -0.687. The Kier molecular flexibility index (Phi) is 4.10. The first-order valence-corrected chi connectivity index (χ1v) is 6.71. The summed E-state index contributed by atoms with van der Waals surface area (Å²) in [4.78, 5) is 11.0. The number of aryl methyl sites for hydroxylation is 1. The van der Waals surface area contributed by atoms with Gasteiger partial charge >= 0.3 is 5.97 Å². The fourth-order valence-electron chi connectivity index (χ4n) is 2.68. The highest BCUT2D eigenvalue weighted by Crippen LogP contribution is 2.47. The molecule has 2 rings (SSSR count). The van der Waals surface area contributed by atoms with Gasteiger partial charge in [0.1, 0.15) is 5.75 Å². The number of carbonyl (C=O) groups is 1. The molecule has 0 heterocycles. The molecule has 3 atom stereocenters. The average molecular weight is 263 g/mol. The second-order valence-electron chi connectivity index (χ2n) is 5.07. The maximum absolute atomic E-state index is 11.0. The van der Waals surface area contributed by atoms with Gasteiger partial charge in [0.25, 0.3) is 0 Å².